The lowest BCUT2D eigenvalue weighted by Gasteiger charge is -2.09. The van der Waals surface area contributed by atoms with E-state index in [1.54, 1.807) is 49.4 Å². The number of nitrogens with one attached hydrogen (secondary N) is 1. The number of nitrogens with zero attached hydrogens (tertiary/aromatic N) is 3. The van der Waals surface area contributed by atoms with Crippen LogP contribution in [0.2, 0.25) is 0 Å². The SMILES string of the molecule is CCOCCOc1nc(-c2ccccc2F)n(-c2ccc(NS(=O)(=O)CC)cc2)n1. The van der Waals surface area contributed by atoms with E-state index < -0.39 is 15.8 Å². The molecular formula is C20H23FN4O4S. The predicted molar refractivity (Wildman–Crippen MR) is 112 cm³/mol. The van der Waals surface area contributed by atoms with Crippen LogP contribution < -0.4 is 9.46 Å². The zero-order valence-corrected chi connectivity index (χ0v) is 17.5. The lowest BCUT2D eigenvalue weighted by molar-refractivity contribution is 0.106. The van der Waals surface area contributed by atoms with Gasteiger partial charge >= 0.3 is 6.01 Å². The minimum Gasteiger partial charge on any atom is -0.460 e. The van der Waals surface area contributed by atoms with E-state index in [0.29, 0.717) is 24.6 Å². The molecule has 8 nitrogen and oxygen atoms in total. The summed E-state index contributed by atoms with van der Waals surface area (Å²) in [5, 5.41) is 4.34. The van der Waals surface area contributed by atoms with Crippen molar-refractivity contribution in [2.75, 3.05) is 30.3 Å². The van der Waals surface area contributed by atoms with E-state index >= 15 is 0 Å². The Bertz CT molecular complexity index is 1080. The standard InChI is InChI=1S/C20H23FN4O4S/c1-3-28-13-14-29-20-22-19(17-7-5-6-8-18(17)21)25(23-20)16-11-9-15(10-12-16)24-30(26,27)4-2/h5-12,24H,3-4,13-14H2,1-2H3. The Morgan fingerprint density at radius 2 is 1.80 bits per heavy atom. The first kappa shape index (κ1) is 21.7. The van der Waals surface area contributed by atoms with Crippen LogP contribution in [0.25, 0.3) is 17.1 Å². The van der Waals surface area contributed by atoms with Gasteiger partial charge in [0, 0.05) is 12.3 Å². The first-order chi connectivity index (χ1) is 14.4. The molecule has 2 aromatic carbocycles. The number of halogens is 1. The summed E-state index contributed by atoms with van der Waals surface area (Å²) in [6.07, 6.45) is 0. The third-order valence-electron chi connectivity index (χ3n) is 4.13. The van der Waals surface area contributed by atoms with Gasteiger partial charge in [-0.25, -0.2) is 17.5 Å². The van der Waals surface area contributed by atoms with Crippen molar-refractivity contribution in [2.24, 2.45) is 0 Å². The maximum absolute atomic E-state index is 14.4. The van der Waals surface area contributed by atoms with Gasteiger partial charge in [0.15, 0.2) is 5.82 Å². The second-order valence-corrected chi connectivity index (χ2v) is 8.22. The van der Waals surface area contributed by atoms with Gasteiger partial charge in [0.25, 0.3) is 0 Å². The Labute approximate surface area is 174 Å². The molecule has 0 fully saturated rings. The molecular weight excluding hydrogens is 411 g/mol. The molecule has 10 heteroatoms. The minimum absolute atomic E-state index is 0.0301. The van der Waals surface area contributed by atoms with Crippen molar-refractivity contribution in [2.45, 2.75) is 13.8 Å². The van der Waals surface area contributed by atoms with Crippen LogP contribution in [0.3, 0.4) is 0 Å². The topological polar surface area (TPSA) is 95.3 Å². The van der Waals surface area contributed by atoms with E-state index in [2.05, 4.69) is 14.8 Å². The van der Waals surface area contributed by atoms with Gasteiger partial charge in [-0.15, -0.1) is 5.10 Å². The van der Waals surface area contributed by atoms with E-state index in [1.807, 2.05) is 6.92 Å². The molecule has 0 aliphatic carbocycles. The number of benzene rings is 2. The van der Waals surface area contributed by atoms with Gasteiger partial charge in [0.1, 0.15) is 12.4 Å². The normalized spacial score (nSPS) is 11.4. The second kappa shape index (κ2) is 9.68. The Morgan fingerprint density at radius 1 is 1.07 bits per heavy atom. The second-order valence-electron chi connectivity index (χ2n) is 6.21. The molecule has 30 heavy (non-hydrogen) atoms. The summed E-state index contributed by atoms with van der Waals surface area (Å²) < 4.78 is 52.6. The summed E-state index contributed by atoms with van der Waals surface area (Å²) in [7, 11) is -3.38. The molecule has 3 rings (SSSR count). The van der Waals surface area contributed by atoms with Crippen LogP contribution in [0, 0.1) is 5.82 Å². The average molecular weight is 434 g/mol. The Morgan fingerprint density at radius 3 is 2.47 bits per heavy atom. The molecule has 0 aliphatic rings. The van der Waals surface area contributed by atoms with E-state index in [-0.39, 0.29) is 29.8 Å². The number of ether oxygens (including phenoxy) is 2. The number of rotatable bonds is 10. The zero-order chi connectivity index (χ0) is 21.6. The van der Waals surface area contributed by atoms with E-state index in [9.17, 15) is 12.8 Å². The number of anilines is 1. The molecule has 1 aromatic heterocycles. The Kier molecular flexibility index (Phi) is 7.01. The molecule has 0 unspecified atom stereocenters. The molecule has 160 valence electrons. The number of sulfonamides is 1. The van der Waals surface area contributed by atoms with E-state index in [1.165, 1.54) is 10.7 Å². The van der Waals surface area contributed by atoms with Gasteiger partial charge in [-0.1, -0.05) is 12.1 Å². The van der Waals surface area contributed by atoms with Crippen molar-refractivity contribution in [3.63, 3.8) is 0 Å². The fraction of sp³-hybridized carbons (Fsp3) is 0.300. The lowest BCUT2D eigenvalue weighted by atomic mass is 10.2. The van der Waals surface area contributed by atoms with Gasteiger partial charge in [-0.3, -0.25) is 4.72 Å². The third-order valence-corrected chi connectivity index (χ3v) is 5.44. The minimum atomic E-state index is -3.38. The molecule has 0 saturated heterocycles. The summed E-state index contributed by atoms with van der Waals surface area (Å²) in [5.41, 5.74) is 1.25. The molecule has 0 bridgehead atoms. The highest BCUT2D eigenvalue weighted by atomic mass is 32.2. The summed E-state index contributed by atoms with van der Waals surface area (Å²) in [5.74, 6) is -0.210. The molecule has 0 spiro atoms. The van der Waals surface area contributed by atoms with Crippen molar-refractivity contribution in [1.29, 1.82) is 0 Å². The van der Waals surface area contributed by atoms with Gasteiger partial charge in [-0.05, 0) is 50.2 Å². The Balaban J connectivity index is 1.94. The van der Waals surface area contributed by atoms with Crippen molar-refractivity contribution in [1.82, 2.24) is 14.8 Å². The van der Waals surface area contributed by atoms with Crippen LogP contribution in [0.4, 0.5) is 10.1 Å². The van der Waals surface area contributed by atoms with E-state index in [4.69, 9.17) is 9.47 Å². The van der Waals surface area contributed by atoms with Gasteiger partial charge in [0.2, 0.25) is 10.0 Å². The summed E-state index contributed by atoms with van der Waals surface area (Å²) >= 11 is 0. The van der Waals surface area contributed by atoms with Crippen molar-refractivity contribution < 1.29 is 22.3 Å². The van der Waals surface area contributed by atoms with Crippen LogP contribution in [-0.2, 0) is 14.8 Å². The number of aromatic nitrogens is 3. The fourth-order valence-corrected chi connectivity index (χ4v) is 3.25. The molecule has 0 radical (unpaired) electrons. The van der Waals surface area contributed by atoms with Gasteiger partial charge < -0.3 is 9.47 Å². The lowest BCUT2D eigenvalue weighted by Crippen LogP contribution is -2.14. The predicted octanol–water partition coefficient (Wildman–Crippen LogP) is 3.25. The van der Waals surface area contributed by atoms with Crippen molar-refractivity contribution >= 4 is 15.7 Å². The van der Waals surface area contributed by atoms with E-state index in [0.717, 1.165) is 0 Å². The van der Waals surface area contributed by atoms with Crippen LogP contribution >= 0.6 is 0 Å². The molecule has 1 heterocycles. The highest BCUT2D eigenvalue weighted by molar-refractivity contribution is 7.92. The molecule has 0 amide bonds. The summed E-state index contributed by atoms with van der Waals surface area (Å²) in [6, 6.07) is 12.9. The fourth-order valence-electron chi connectivity index (χ4n) is 2.61. The molecule has 0 atom stereocenters. The zero-order valence-electron chi connectivity index (χ0n) is 16.7. The first-order valence-electron chi connectivity index (χ1n) is 9.47. The van der Waals surface area contributed by atoms with Crippen molar-refractivity contribution in [3.8, 4) is 23.1 Å². The van der Waals surface area contributed by atoms with Crippen LogP contribution in [-0.4, -0.2) is 48.8 Å². The van der Waals surface area contributed by atoms with Crippen LogP contribution in [0.5, 0.6) is 6.01 Å². The van der Waals surface area contributed by atoms with Crippen molar-refractivity contribution in [3.05, 3.63) is 54.3 Å². The molecule has 3 aromatic rings. The smallest absolute Gasteiger partial charge is 0.336 e. The summed E-state index contributed by atoms with van der Waals surface area (Å²) in [4.78, 5) is 4.33. The average Bonchev–Trinajstić information content (AvgIpc) is 3.16. The van der Waals surface area contributed by atoms with Crippen LogP contribution in [0.1, 0.15) is 13.8 Å². The first-order valence-corrected chi connectivity index (χ1v) is 11.1. The molecule has 0 saturated carbocycles. The third kappa shape index (κ3) is 5.33. The quantitative estimate of drug-likeness (QED) is 0.492. The molecule has 1 N–H and O–H groups in total. The highest BCUT2D eigenvalue weighted by Gasteiger charge is 2.18. The van der Waals surface area contributed by atoms with Gasteiger partial charge in [0.05, 0.1) is 23.6 Å². The monoisotopic (exact) mass is 434 g/mol. The largest absolute Gasteiger partial charge is 0.460 e. The number of hydrogen-bond donors (Lipinski definition) is 1. The summed E-state index contributed by atoms with van der Waals surface area (Å²) in [6.45, 7) is 4.64. The maximum atomic E-state index is 14.4. The maximum Gasteiger partial charge on any atom is 0.336 e. The number of hydrogen-bond acceptors (Lipinski definition) is 6. The van der Waals surface area contributed by atoms with Crippen LogP contribution in [0.15, 0.2) is 48.5 Å². The van der Waals surface area contributed by atoms with Gasteiger partial charge in [-0.2, -0.15) is 4.98 Å². The highest BCUT2D eigenvalue weighted by Crippen LogP contribution is 2.26. The Hall–Kier alpha value is -2.98. The molecule has 0 aliphatic heterocycles.